The van der Waals surface area contributed by atoms with Gasteiger partial charge in [0.05, 0.1) is 10.9 Å². The standard InChI is InChI=1S/C13H18BrNO2S/c1-17-13(16)12(10-7-8-11(14)18-10)15-9-5-3-2-4-6-9/h7-9,12,15H,2-6H2,1H3. The number of thiophene rings is 1. The molecule has 1 N–H and O–H groups in total. The van der Waals surface area contributed by atoms with Crippen molar-refractivity contribution in [2.24, 2.45) is 0 Å². The van der Waals surface area contributed by atoms with Gasteiger partial charge < -0.3 is 4.74 Å². The second-order valence-corrected chi connectivity index (χ2v) is 7.09. The first-order chi connectivity index (χ1) is 8.70. The predicted octanol–water partition coefficient (Wildman–Crippen LogP) is 3.65. The van der Waals surface area contributed by atoms with Crippen molar-refractivity contribution >= 4 is 33.2 Å². The van der Waals surface area contributed by atoms with Crippen molar-refractivity contribution in [2.75, 3.05) is 7.11 Å². The number of nitrogens with one attached hydrogen (secondary N) is 1. The van der Waals surface area contributed by atoms with Gasteiger partial charge in [-0.25, -0.2) is 4.79 Å². The van der Waals surface area contributed by atoms with Gasteiger partial charge in [-0.2, -0.15) is 0 Å². The summed E-state index contributed by atoms with van der Waals surface area (Å²) >= 11 is 5.02. The van der Waals surface area contributed by atoms with Crippen LogP contribution in [0.2, 0.25) is 0 Å². The van der Waals surface area contributed by atoms with E-state index in [1.54, 1.807) is 11.3 Å². The summed E-state index contributed by atoms with van der Waals surface area (Å²) in [5.74, 6) is -0.199. The zero-order chi connectivity index (χ0) is 13.0. The van der Waals surface area contributed by atoms with Crippen molar-refractivity contribution in [3.8, 4) is 0 Å². The van der Waals surface area contributed by atoms with Crippen LogP contribution in [0.1, 0.15) is 43.0 Å². The van der Waals surface area contributed by atoms with Crippen LogP contribution in [0.25, 0.3) is 0 Å². The Labute approximate surface area is 120 Å². The monoisotopic (exact) mass is 331 g/mol. The first kappa shape index (κ1) is 14.0. The van der Waals surface area contributed by atoms with E-state index in [0.717, 1.165) is 21.5 Å². The van der Waals surface area contributed by atoms with E-state index in [1.807, 2.05) is 12.1 Å². The van der Waals surface area contributed by atoms with Gasteiger partial charge in [-0.05, 0) is 40.9 Å². The van der Waals surface area contributed by atoms with Gasteiger partial charge >= 0.3 is 5.97 Å². The SMILES string of the molecule is COC(=O)C(NC1CCCCC1)c1ccc(Br)s1. The molecule has 0 aliphatic heterocycles. The van der Waals surface area contributed by atoms with E-state index in [2.05, 4.69) is 21.2 Å². The molecule has 1 unspecified atom stereocenters. The van der Waals surface area contributed by atoms with Gasteiger partial charge in [0.2, 0.25) is 0 Å². The fourth-order valence-electron chi connectivity index (χ4n) is 2.37. The number of hydrogen-bond donors (Lipinski definition) is 1. The number of halogens is 1. The normalized spacial score (nSPS) is 18.6. The molecular formula is C13H18BrNO2S. The highest BCUT2D eigenvalue weighted by molar-refractivity contribution is 9.11. The summed E-state index contributed by atoms with van der Waals surface area (Å²) in [6, 6.07) is 4.06. The van der Waals surface area contributed by atoms with E-state index >= 15 is 0 Å². The number of ether oxygens (including phenoxy) is 1. The second kappa shape index (κ2) is 6.68. The Morgan fingerprint density at radius 2 is 2.17 bits per heavy atom. The van der Waals surface area contributed by atoms with E-state index in [1.165, 1.54) is 26.4 Å². The van der Waals surface area contributed by atoms with Crippen molar-refractivity contribution < 1.29 is 9.53 Å². The van der Waals surface area contributed by atoms with Crippen molar-refractivity contribution in [1.29, 1.82) is 0 Å². The average molecular weight is 332 g/mol. The molecule has 18 heavy (non-hydrogen) atoms. The van der Waals surface area contributed by atoms with E-state index < -0.39 is 0 Å². The molecule has 100 valence electrons. The summed E-state index contributed by atoms with van der Waals surface area (Å²) < 4.78 is 5.95. The largest absolute Gasteiger partial charge is 0.468 e. The van der Waals surface area contributed by atoms with Crippen LogP contribution in [0, 0.1) is 0 Å². The third-order valence-corrected chi connectivity index (χ3v) is 5.01. The molecule has 1 saturated carbocycles. The van der Waals surface area contributed by atoms with E-state index in [-0.39, 0.29) is 12.0 Å². The summed E-state index contributed by atoms with van der Waals surface area (Å²) in [7, 11) is 1.44. The number of rotatable bonds is 4. The van der Waals surface area contributed by atoms with Gasteiger partial charge in [-0.15, -0.1) is 11.3 Å². The van der Waals surface area contributed by atoms with Crippen LogP contribution in [-0.4, -0.2) is 19.1 Å². The van der Waals surface area contributed by atoms with Gasteiger partial charge in [-0.3, -0.25) is 5.32 Å². The van der Waals surface area contributed by atoms with Crippen LogP contribution in [0.15, 0.2) is 15.9 Å². The molecule has 3 nitrogen and oxygen atoms in total. The minimum absolute atomic E-state index is 0.199. The number of carbonyl (C=O) groups is 1. The Morgan fingerprint density at radius 3 is 2.72 bits per heavy atom. The van der Waals surface area contributed by atoms with Gasteiger partial charge in [0.15, 0.2) is 0 Å². The zero-order valence-electron chi connectivity index (χ0n) is 10.4. The lowest BCUT2D eigenvalue weighted by molar-refractivity contribution is -0.143. The van der Waals surface area contributed by atoms with Crippen LogP contribution < -0.4 is 5.32 Å². The minimum atomic E-state index is -0.325. The lowest BCUT2D eigenvalue weighted by Crippen LogP contribution is -2.38. The summed E-state index contributed by atoms with van der Waals surface area (Å²) in [6.07, 6.45) is 6.12. The molecule has 1 aromatic heterocycles. The molecule has 0 radical (unpaired) electrons. The molecule has 1 aliphatic rings. The van der Waals surface area contributed by atoms with Crippen LogP contribution >= 0.6 is 27.3 Å². The lowest BCUT2D eigenvalue weighted by atomic mass is 9.95. The molecule has 5 heteroatoms. The van der Waals surface area contributed by atoms with Crippen molar-refractivity contribution in [3.05, 3.63) is 20.8 Å². The van der Waals surface area contributed by atoms with Crippen LogP contribution in [-0.2, 0) is 9.53 Å². The molecule has 1 atom stereocenters. The first-order valence-corrected chi connectivity index (χ1v) is 7.91. The minimum Gasteiger partial charge on any atom is -0.468 e. The maximum absolute atomic E-state index is 11.9. The molecule has 0 spiro atoms. The fraction of sp³-hybridized carbons (Fsp3) is 0.615. The quantitative estimate of drug-likeness (QED) is 0.856. The van der Waals surface area contributed by atoms with Gasteiger partial charge in [0, 0.05) is 10.9 Å². The predicted molar refractivity (Wildman–Crippen MR) is 76.8 cm³/mol. The van der Waals surface area contributed by atoms with Gasteiger partial charge in [0.25, 0.3) is 0 Å². The number of carbonyl (C=O) groups excluding carboxylic acids is 1. The molecule has 0 saturated heterocycles. The Kier molecular flexibility index (Phi) is 5.21. The van der Waals surface area contributed by atoms with Crippen LogP contribution in [0.3, 0.4) is 0 Å². The maximum Gasteiger partial charge on any atom is 0.328 e. The maximum atomic E-state index is 11.9. The van der Waals surface area contributed by atoms with Crippen LogP contribution in [0.5, 0.6) is 0 Å². The zero-order valence-corrected chi connectivity index (χ0v) is 12.9. The molecule has 0 bridgehead atoms. The lowest BCUT2D eigenvalue weighted by Gasteiger charge is -2.26. The number of methoxy groups -OCH3 is 1. The molecule has 1 aromatic rings. The second-order valence-electron chi connectivity index (χ2n) is 4.60. The molecule has 0 amide bonds. The highest BCUT2D eigenvalue weighted by Crippen LogP contribution is 2.29. The highest BCUT2D eigenvalue weighted by atomic mass is 79.9. The summed E-state index contributed by atoms with van der Waals surface area (Å²) in [5, 5.41) is 3.45. The molecule has 1 aliphatic carbocycles. The summed E-state index contributed by atoms with van der Waals surface area (Å²) in [6.45, 7) is 0. The Morgan fingerprint density at radius 1 is 1.44 bits per heavy atom. The summed E-state index contributed by atoms with van der Waals surface area (Å²) in [4.78, 5) is 12.9. The molecule has 0 aromatic carbocycles. The fourth-order valence-corrected chi connectivity index (χ4v) is 3.84. The molecule has 1 heterocycles. The third kappa shape index (κ3) is 3.56. The first-order valence-electron chi connectivity index (χ1n) is 6.30. The van der Waals surface area contributed by atoms with E-state index in [4.69, 9.17) is 4.74 Å². The number of esters is 1. The Balaban J connectivity index is 2.07. The van der Waals surface area contributed by atoms with Gasteiger partial charge in [-0.1, -0.05) is 19.3 Å². The summed E-state index contributed by atoms with van der Waals surface area (Å²) in [5.41, 5.74) is 0. The molecule has 2 rings (SSSR count). The van der Waals surface area contributed by atoms with E-state index in [9.17, 15) is 4.79 Å². The molecular weight excluding hydrogens is 314 g/mol. The van der Waals surface area contributed by atoms with Crippen molar-refractivity contribution in [1.82, 2.24) is 5.32 Å². The van der Waals surface area contributed by atoms with Crippen LogP contribution in [0.4, 0.5) is 0 Å². The molecule has 1 fully saturated rings. The highest BCUT2D eigenvalue weighted by Gasteiger charge is 2.26. The van der Waals surface area contributed by atoms with Gasteiger partial charge in [0.1, 0.15) is 6.04 Å². The van der Waals surface area contributed by atoms with Crippen molar-refractivity contribution in [3.63, 3.8) is 0 Å². The van der Waals surface area contributed by atoms with E-state index in [0.29, 0.717) is 6.04 Å². The Hall–Kier alpha value is -0.390. The number of hydrogen-bond acceptors (Lipinski definition) is 4. The topological polar surface area (TPSA) is 38.3 Å². The average Bonchev–Trinajstić information content (AvgIpc) is 2.83. The Bertz CT molecular complexity index is 401. The third-order valence-electron chi connectivity index (χ3n) is 3.32. The van der Waals surface area contributed by atoms with Crippen molar-refractivity contribution in [2.45, 2.75) is 44.2 Å². The smallest absolute Gasteiger partial charge is 0.328 e.